The summed E-state index contributed by atoms with van der Waals surface area (Å²) in [7, 11) is -1.10. The fraction of sp³-hybridized carbons (Fsp3) is 0.812. The zero-order valence-corrected chi connectivity index (χ0v) is 14.6. The molecular formula is C16H30O2Si. The first-order valence-electron chi connectivity index (χ1n) is 7.51. The highest BCUT2D eigenvalue weighted by molar-refractivity contribution is 6.48. The zero-order valence-electron chi connectivity index (χ0n) is 13.5. The van der Waals surface area contributed by atoms with Crippen LogP contribution in [0.3, 0.4) is 0 Å². The topological polar surface area (TPSA) is 26.3 Å². The molecule has 3 heteroatoms. The maximum atomic E-state index is 10.9. The molecule has 0 atom stereocenters. The molecule has 0 radical (unpaired) electrons. The van der Waals surface area contributed by atoms with Crippen LogP contribution in [-0.4, -0.2) is 20.9 Å². The molecule has 0 aliphatic heterocycles. The molecule has 0 aromatic heterocycles. The van der Waals surface area contributed by atoms with E-state index in [1.54, 1.807) is 0 Å². The van der Waals surface area contributed by atoms with Crippen molar-refractivity contribution in [3.63, 3.8) is 0 Å². The van der Waals surface area contributed by atoms with Crippen LogP contribution in [0.5, 0.6) is 0 Å². The first-order chi connectivity index (χ1) is 8.68. The van der Waals surface area contributed by atoms with Crippen LogP contribution < -0.4 is 0 Å². The van der Waals surface area contributed by atoms with Crippen LogP contribution in [0.25, 0.3) is 0 Å². The molecule has 0 bridgehead atoms. The van der Waals surface area contributed by atoms with Crippen molar-refractivity contribution in [3.05, 3.63) is 11.6 Å². The molecule has 1 saturated carbocycles. The molecule has 0 amide bonds. The lowest BCUT2D eigenvalue weighted by Gasteiger charge is -2.44. The molecule has 2 nitrogen and oxygen atoms in total. The second kappa shape index (κ2) is 6.36. The number of carbonyl (C=O) groups excluding carboxylic acids is 1. The smallest absolute Gasteiger partial charge is 0.172 e. The van der Waals surface area contributed by atoms with E-state index in [1.165, 1.54) is 12.8 Å². The van der Waals surface area contributed by atoms with Crippen LogP contribution in [0.2, 0.25) is 13.1 Å². The normalized spacial score (nSPS) is 29.6. The third-order valence-electron chi connectivity index (χ3n) is 4.20. The lowest BCUT2D eigenvalue weighted by atomic mass is 9.68. The monoisotopic (exact) mass is 282 g/mol. The third-order valence-corrected chi connectivity index (χ3v) is 5.14. The van der Waals surface area contributed by atoms with Gasteiger partial charge in [-0.3, -0.25) is 4.79 Å². The molecule has 110 valence electrons. The minimum Gasteiger partial charge on any atom is -0.412 e. The van der Waals surface area contributed by atoms with Crippen molar-refractivity contribution < 1.29 is 9.22 Å². The highest BCUT2D eigenvalue weighted by Crippen LogP contribution is 2.43. The maximum absolute atomic E-state index is 10.9. The average molecular weight is 282 g/mol. The van der Waals surface area contributed by atoms with E-state index >= 15 is 0 Å². The standard InChI is InChI=1S/C16H30O2Si/c1-13(12-17)11-16(18-19(5)6)9-7-14(8-10-16)15(2,3)4/h11-12,14,19H,7-10H2,1-6H3/b13-11+. The van der Waals surface area contributed by atoms with E-state index < -0.39 is 9.04 Å². The molecule has 0 heterocycles. The van der Waals surface area contributed by atoms with Gasteiger partial charge in [0.1, 0.15) is 6.29 Å². The van der Waals surface area contributed by atoms with Crippen molar-refractivity contribution in [2.24, 2.45) is 11.3 Å². The molecule has 0 spiro atoms. The van der Waals surface area contributed by atoms with Crippen LogP contribution in [-0.2, 0) is 9.22 Å². The predicted octanol–water partition coefficient (Wildman–Crippen LogP) is 4.11. The van der Waals surface area contributed by atoms with E-state index in [2.05, 4.69) is 39.9 Å². The average Bonchev–Trinajstić information content (AvgIpc) is 2.27. The third kappa shape index (κ3) is 4.88. The van der Waals surface area contributed by atoms with E-state index in [1.807, 2.05) is 6.92 Å². The number of hydrogen-bond acceptors (Lipinski definition) is 2. The molecule has 0 aromatic carbocycles. The van der Waals surface area contributed by atoms with Gasteiger partial charge in [0, 0.05) is 0 Å². The van der Waals surface area contributed by atoms with Gasteiger partial charge in [0.25, 0.3) is 0 Å². The molecule has 1 aliphatic carbocycles. The van der Waals surface area contributed by atoms with Gasteiger partial charge in [0.05, 0.1) is 5.60 Å². The number of allylic oxidation sites excluding steroid dienone is 1. The van der Waals surface area contributed by atoms with Gasteiger partial charge in [0.2, 0.25) is 0 Å². The maximum Gasteiger partial charge on any atom is 0.172 e. The minimum absolute atomic E-state index is 0.160. The van der Waals surface area contributed by atoms with Crippen molar-refractivity contribution in [1.82, 2.24) is 0 Å². The second-order valence-electron chi connectivity index (χ2n) is 7.38. The van der Waals surface area contributed by atoms with E-state index in [0.29, 0.717) is 5.41 Å². The van der Waals surface area contributed by atoms with Crippen LogP contribution in [0.4, 0.5) is 0 Å². The quantitative estimate of drug-likeness (QED) is 0.441. The summed E-state index contributed by atoms with van der Waals surface area (Å²) in [6.07, 6.45) is 7.56. The van der Waals surface area contributed by atoms with Gasteiger partial charge in [-0.1, -0.05) is 20.8 Å². The SMILES string of the molecule is C/C(C=O)=C\C1(O[SiH](C)C)CCC(C(C)(C)C)CC1. The Labute approximate surface area is 120 Å². The summed E-state index contributed by atoms with van der Waals surface area (Å²) >= 11 is 0. The first-order valence-corrected chi connectivity index (χ1v) is 10.3. The lowest BCUT2D eigenvalue weighted by molar-refractivity contribution is -0.105. The van der Waals surface area contributed by atoms with E-state index in [4.69, 9.17) is 4.43 Å². The Kier molecular flexibility index (Phi) is 5.57. The van der Waals surface area contributed by atoms with Gasteiger partial charge in [-0.15, -0.1) is 0 Å². The van der Waals surface area contributed by atoms with Crippen molar-refractivity contribution in [2.45, 2.75) is 72.1 Å². The number of aldehydes is 1. The summed E-state index contributed by atoms with van der Waals surface area (Å²) < 4.78 is 6.32. The van der Waals surface area contributed by atoms with Crippen molar-refractivity contribution in [1.29, 1.82) is 0 Å². The Bertz CT molecular complexity index is 331. The summed E-state index contributed by atoms with van der Waals surface area (Å²) in [4.78, 5) is 10.9. The summed E-state index contributed by atoms with van der Waals surface area (Å²) in [6, 6.07) is 0. The molecule has 0 saturated heterocycles. The molecule has 0 unspecified atom stereocenters. The minimum atomic E-state index is -1.10. The van der Waals surface area contributed by atoms with Gasteiger partial charge in [-0.25, -0.2) is 0 Å². The Morgan fingerprint density at radius 2 is 1.79 bits per heavy atom. The van der Waals surface area contributed by atoms with Crippen LogP contribution in [0.1, 0.15) is 53.4 Å². The Morgan fingerprint density at radius 3 is 2.16 bits per heavy atom. The molecular weight excluding hydrogens is 252 g/mol. The Balaban J connectivity index is 2.83. The summed E-state index contributed by atoms with van der Waals surface area (Å²) in [5.74, 6) is 0.767. The molecule has 1 rings (SSSR count). The van der Waals surface area contributed by atoms with E-state index in [-0.39, 0.29) is 5.60 Å². The van der Waals surface area contributed by atoms with E-state index in [0.717, 1.165) is 30.6 Å². The Morgan fingerprint density at radius 1 is 1.26 bits per heavy atom. The number of carbonyl (C=O) groups is 1. The highest BCUT2D eigenvalue weighted by Gasteiger charge is 2.38. The highest BCUT2D eigenvalue weighted by atomic mass is 28.3. The molecule has 0 N–H and O–H groups in total. The fourth-order valence-electron chi connectivity index (χ4n) is 3.19. The first kappa shape index (κ1) is 16.6. The molecule has 1 fully saturated rings. The van der Waals surface area contributed by atoms with Crippen LogP contribution >= 0.6 is 0 Å². The summed E-state index contributed by atoms with van der Waals surface area (Å²) in [5.41, 5.74) is 1.03. The van der Waals surface area contributed by atoms with Gasteiger partial charge in [-0.2, -0.15) is 0 Å². The van der Waals surface area contributed by atoms with Crippen molar-refractivity contribution >= 4 is 15.3 Å². The second-order valence-corrected chi connectivity index (χ2v) is 9.71. The van der Waals surface area contributed by atoms with Crippen molar-refractivity contribution in [2.75, 3.05) is 0 Å². The molecule has 1 aliphatic rings. The predicted molar refractivity (Wildman–Crippen MR) is 83.9 cm³/mol. The molecule has 19 heavy (non-hydrogen) atoms. The number of hydrogen-bond donors (Lipinski definition) is 0. The largest absolute Gasteiger partial charge is 0.412 e. The summed E-state index contributed by atoms with van der Waals surface area (Å²) in [6.45, 7) is 13.3. The summed E-state index contributed by atoms with van der Waals surface area (Å²) in [5, 5.41) is 0. The van der Waals surface area contributed by atoms with E-state index in [9.17, 15) is 4.79 Å². The van der Waals surface area contributed by atoms with Crippen molar-refractivity contribution in [3.8, 4) is 0 Å². The van der Waals surface area contributed by atoms with Gasteiger partial charge >= 0.3 is 0 Å². The van der Waals surface area contributed by atoms with Gasteiger partial charge in [-0.05, 0) is 68.7 Å². The van der Waals surface area contributed by atoms with Crippen LogP contribution in [0.15, 0.2) is 11.6 Å². The fourth-order valence-corrected chi connectivity index (χ4v) is 4.43. The Hall–Kier alpha value is -0.413. The number of rotatable bonds is 4. The lowest BCUT2D eigenvalue weighted by Crippen LogP contribution is -2.41. The van der Waals surface area contributed by atoms with Crippen LogP contribution in [0, 0.1) is 11.3 Å². The zero-order chi connectivity index (χ0) is 14.7. The van der Waals surface area contributed by atoms with Gasteiger partial charge in [0.15, 0.2) is 9.04 Å². The van der Waals surface area contributed by atoms with Gasteiger partial charge < -0.3 is 4.43 Å². The molecule has 0 aromatic rings.